The molecule has 0 aliphatic carbocycles. The zero-order valence-electron chi connectivity index (χ0n) is 14.3. The Hall–Kier alpha value is -2.21. The maximum atomic E-state index is 12.6. The molecule has 1 saturated heterocycles. The summed E-state index contributed by atoms with van der Waals surface area (Å²) >= 11 is 0. The van der Waals surface area contributed by atoms with Gasteiger partial charge in [-0.05, 0) is 44.4 Å². The third kappa shape index (κ3) is 3.33. The standard InChI is InChI=1S/C18H23N3O3/c1-18(2,3)19-9-11-4-5-13-12(8-11)10-21(17(13)24)14-6-7-15(22)20-16(14)23/h4-5,8,14,19H,6-7,9-10H2,1-3H3,(H,20,22,23). The minimum atomic E-state index is -0.557. The van der Waals surface area contributed by atoms with Crippen LogP contribution in [0.4, 0.5) is 0 Å². The molecular weight excluding hydrogens is 306 g/mol. The highest BCUT2D eigenvalue weighted by Gasteiger charge is 2.38. The van der Waals surface area contributed by atoms with E-state index in [2.05, 4.69) is 31.4 Å². The van der Waals surface area contributed by atoms with Crippen molar-refractivity contribution in [2.45, 2.75) is 58.3 Å². The van der Waals surface area contributed by atoms with Gasteiger partial charge in [0.15, 0.2) is 0 Å². The van der Waals surface area contributed by atoms with Gasteiger partial charge in [-0.15, -0.1) is 0 Å². The lowest BCUT2D eigenvalue weighted by atomic mass is 10.0. The van der Waals surface area contributed by atoms with Crippen LogP contribution in [0, 0.1) is 0 Å². The molecule has 2 aliphatic heterocycles. The maximum Gasteiger partial charge on any atom is 0.255 e. The molecule has 128 valence electrons. The lowest BCUT2D eigenvalue weighted by molar-refractivity contribution is -0.136. The Morgan fingerprint density at radius 3 is 2.67 bits per heavy atom. The van der Waals surface area contributed by atoms with E-state index >= 15 is 0 Å². The number of amides is 3. The molecule has 0 spiro atoms. The number of carbonyl (C=O) groups excluding carboxylic acids is 3. The van der Waals surface area contributed by atoms with Crippen LogP contribution in [-0.4, -0.2) is 34.2 Å². The third-order valence-electron chi connectivity index (χ3n) is 4.41. The third-order valence-corrected chi connectivity index (χ3v) is 4.41. The predicted octanol–water partition coefficient (Wildman–Crippen LogP) is 1.34. The molecular formula is C18H23N3O3. The number of fused-ring (bicyclic) bond motifs is 1. The summed E-state index contributed by atoms with van der Waals surface area (Å²) in [6.07, 6.45) is 0.667. The quantitative estimate of drug-likeness (QED) is 0.820. The molecule has 3 rings (SSSR count). The SMILES string of the molecule is CC(C)(C)NCc1ccc2c(c1)CN(C1CCC(=O)NC1=O)C2=O. The van der Waals surface area contributed by atoms with E-state index in [1.807, 2.05) is 18.2 Å². The van der Waals surface area contributed by atoms with Crippen molar-refractivity contribution in [2.75, 3.05) is 0 Å². The summed E-state index contributed by atoms with van der Waals surface area (Å²) in [5.41, 5.74) is 2.73. The molecule has 1 fully saturated rings. The van der Waals surface area contributed by atoms with Crippen LogP contribution >= 0.6 is 0 Å². The Morgan fingerprint density at radius 2 is 2.00 bits per heavy atom. The highest BCUT2D eigenvalue weighted by atomic mass is 16.2. The summed E-state index contributed by atoms with van der Waals surface area (Å²) in [5, 5.41) is 5.75. The largest absolute Gasteiger partial charge is 0.322 e. The monoisotopic (exact) mass is 329 g/mol. The number of nitrogens with one attached hydrogen (secondary N) is 2. The van der Waals surface area contributed by atoms with E-state index in [9.17, 15) is 14.4 Å². The minimum absolute atomic E-state index is 0.0214. The molecule has 0 saturated carbocycles. The molecule has 1 aromatic rings. The minimum Gasteiger partial charge on any atom is -0.322 e. The molecule has 3 amide bonds. The van der Waals surface area contributed by atoms with Gasteiger partial charge in [-0.2, -0.15) is 0 Å². The van der Waals surface area contributed by atoms with Crippen LogP contribution in [0.15, 0.2) is 18.2 Å². The Morgan fingerprint density at radius 1 is 1.25 bits per heavy atom. The Balaban J connectivity index is 1.75. The molecule has 2 heterocycles. The number of piperidine rings is 1. The first-order valence-corrected chi connectivity index (χ1v) is 8.26. The maximum absolute atomic E-state index is 12.6. The number of imide groups is 1. The first kappa shape index (κ1) is 16.6. The number of rotatable bonds is 3. The van der Waals surface area contributed by atoms with E-state index in [1.165, 1.54) is 0 Å². The van der Waals surface area contributed by atoms with Crippen LogP contribution in [0.3, 0.4) is 0 Å². The van der Waals surface area contributed by atoms with Gasteiger partial charge in [-0.25, -0.2) is 0 Å². The molecule has 6 nitrogen and oxygen atoms in total. The van der Waals surface area contributed by atoms with E-state index in [4.69, 9.17) is 0 Å². The van der Waals surface area contributed by atoms with Crippen LogP contribution < -0.4 is 10.6 Å². The molecule has 1 atom stereocenters. The van der Waals surface area contributed by atoms with Crippen molar-refractivity contribution in [3.05, 3.63) is 34.9 Å². The summed E-state index contributed by atoms with van der Waals surface area (Å²) in [7, 11) is 0. The van der Waals surface area contributed by atoms with Gasteiger partial charge >= 0.3 is 0 Å². The van der Waals surface area contributed by atoms with Crippen molar-refractivity contribution in [3.63, 3.8) is 0 Å². The Bertz CT molecular complexity index is 706. The summed E-state index contributed by atoms with van der Waals surface area (Å²) < 4.78 is 0. The Kier molecular flexibility index (Phi) is 4.17. The second kappa shape index (κ2) is 6.02. The van der Waals surface area contributed by atoms with Crippen LogP contribution in [0.2, 0.25) is 0 Å². The molecule has 1 unspecified atom stereocenters. The van der Waals surface area contributed by atoms with Crippen LogP contribution in [0.25, 0.3) is 0 Å². The first-order chi connectivity index (χ1) is 11.2. The van der Waals surface area contributed by atoms with E-state index in [1.54, 1.807) is 4.90 Å². The number of benzene rings is 1. The fourth-order valence-electron chi connectivity index (χ4n) is 3.10. The highest BCUT2D eigenvalue weighted by molar-refractivity contribution is 6.05. The molecule has 0 radical (unpaired) electrons. The average molecular weight is 329 g/mol. The topological polar surface area (TPSA) is 78.5 Å². The fraction of sp³-hybridized carbons (Fsp3) is 0.500. The van der Waals surface area contributed by atoms with Crippen LogP contribution in [0.5, 0.6) is 0 Å². The molecule has 2 aliphatic rings. The van der Waals surface area contributed by atoms with Crippen molar-refractivity contribution in [1.29, 1.82) is 0 Å². The first-order valence-electron chi connectivity index (χ1n) is 8.26. The van der Waals surface area contributed by atoms with E-state index < -0.39 is 6.04 Å². The fourth-order valence-corrected chi connectivity index (χ4v) is 3.10. The van der Waals surface area contributed by atoms with Crippen molar-refractivity contribution >= 4 is 17.7 Å². The van der Waals surface area contributed by atoms with Crippen LogP contribution in [-0.2, 0) is 22.7 Å². The summed E-state index contributed by atoms with van der Waals surface area (Å²) in [6.45, 7) is 7.46. The zero-order valence-corrected chi connectivity index (χ0v) is 14.3. The molecule has 6 heteroatoms. The number of nitrogens with zero attached hydrogens (tertiary/aromatic N) is 1. The van der Waals surface area contributed by atoms with E-state index in [0.29, 0.717) is 18.5 Å². The smallest absolute Gasteiger partial charge is 0.255 e. The van der Waals surface area contributed by atoms with Gasteiger partial charge in [0.25, 0.3) is 5.91 Å². The summed E-state index contributed by atoms with van der Waals surface area (Å²) in [5.74, 6) is -0.771. The number of hydrogen-bond acceptors (Lipinski definition) is 4. The summed E-state index contributed by atoms with van der Waals surface area (Å²) in [6, 6.07) is 5.25. The molecule has 0 bridgehead atoms. The molecule has 2 N–H and O–H groups in total. The molecule has 24 heavy (non-hydrogen) atoms. The van der Waals surface area contributed by atoms with Gasteiger partial charge < -0.3 is 10.2 Å². The van der Waals surface area contributed by atoms with Gasteiger partial charge in [0, 0.05) is 30.6 Å². The van der Waals surface area contributed by atoms with Crippen LogP contribution in [0.1, 0.15) is 55.1 Å². The molecule has 1 aromatic carbocycles. The van der Waals surface area contributed by atoms with E-state index in [0.717, 1.165) is 17.7 Å². The second-order valence-corrected chi connectivity index (χ2v) is 7.50. The van der Waals surface area contributed by atoms with Gasteiger partial charge in [-0.1, -0.05) is 12.1 Å². The number of carbonyl (C=O) groups is 3. The van der Waals surface area contributed by atoms with Gasteiger partial charge in [0.1, 0.15) is 6.04 Å². The zero-order chi connectivity index (χ0) is 17.5. The second-order valence-electron chi connectivity index (χ2n) is 7.50. The lowest BCUT2D eigenvalue weighted by Gasteiger charge is -2.29. The Labute approximate surface area is 141 Å². The predicted molar refractivity (Wildman–Crippen MR) is 89.1 cm³/mol. The highest BCUT2D eigenvalue weighted by Crippen LogP contribution is 2.28. The molecule has 0 aromatic heterocycles. The van der Waals surface area contributed by atoms with Gasteiger partial charge in [0.05, 0.1) is 0 Å². The van der Waals surface area contributed by atoms with Gasteiger partial charge in [-0.3, -0.25) is 19.7 Å². The van der Waals surface area contributed by atoms with Crippen molar-refractivity contribution in [3.8, 4) is 0 Å². The lowest BCUT2D eigenvalue weighted by Crippen LogP contribution is -2.52. The summed E-state index contributed by atoms with van der Waals surface area (Å²) in [4.78, 5) is 37.5. The van der Waals surface area contributed by atoms with Crippen molar-refractivity contribution in [1.82, 2.24) is 15.5 Å². The van der Waals surface area contributed by atoms with E-state index in [-0.39, 0.29) is 29.7 Å². The average Bonchev–Trinajstić information content (AvgIpc) is 2.81. The van der Waals surface area contributed by atoms with Gasteiger partial charge in [0.2, 0.25) is 11.8 Å². The van der Waals surface area contributed by atoms with Crippen molar-refractivity contribution in [2.24, 2.45) is 0 Å². The normalized spacial score (nSPS) is 21.0. The van der Waals surface area contributed by atoms with Crippen molar-refractivity contribution < 1.29 is 14.4 Å². The number of hydrogen-bond donors (Lipinski definition) is 2.